The molecule has 0 aromatic rings. The van der Waals surface area contributed by atoms with Crippen LogP contribution in [0.1, 0.15) is 38.5 Å². The molecule has 0 spiro atoms. The summed E-state index contributed by atoms with van der Waals surface area (Å²) >= 11 is 4.89. The Morgan fingerprint density at radius 1 is 1.29 bits per heavy atom. The summed E-state index contributed by atoms with van der Waals surface area (Å²) in [6.07, 6.45) is 7.82. The summed E-state index contributed by atoms with van der Waals surface area (Å²) in [7, 11) is 0. The van der Waals surface area contributed by atoms with Crippen LogP contribution in [0.3, 0.4) is 0 Å². The summed E-state index contributed by atoms with van der Waals surface area (Å²) < 4.78 is 0. The molecule has 0 unspecified atom stereocenters. The average Bonchev–Trinajstić information content (AvgIpc) is 2.98. The molecule has 2 rings (SSSR count). The maximum absolute atomic E-state index is 5.50. The minimum atomic E-state index is 0.673. The highest BCUT2D eigenvalue weighted by Crippen LogP contribution is 2.34. The summed E-state index contributed by atoms with van der Waals surface area (Å²) in [4.78, 5) is 3.34. The molecule has 0 aliphatic heterocycles. The number of hydrogen-bond acceptors (Lipinski definition) is 2. The number of hydrogen-bond donors (Lipinski definition) is 1. The Balaban J connectivity index is 1.64. The van der Waals surface area contributed by atoms with E-state index in [1.165, 1.54) is 38.8 Å². The van der Waals surface area contributed by atoms with Gasteiger partial charge in [0.2, 0.25) is 0 Å². The van der Waals surface area contributed by atoms with Crippen molar-refractivity contribution >= 4 is 17.2 Å². The van der Waals surface area contributed by atoms with E-state index >= 15 is 0 Å². The molecule has 0 heterocycles. The number of nitrogens with two attached hydrogens (primary N) is 1. The third kappa shape index (κ3) is 3.54. The Morgan fingerprint density at radius 3 is 2.50 bits per heavy atom. The monoisotopic (exact) mass is 212 g/mol. The van der Waals surface area contributed by atoms with Gasteiger partial charge in [-0.25, -0.2) is 0 Å². The molecule has 0 amide bonds. The molecular weight excluding hydrogens is 192 g/mol. The summed E-state index contributed by atoms with van der Waals surface area (Å²) in [5, 5.41) is 0. The average molecular weight is 212 g/mol. The van der Waals surface area contributed by atoms with Gasteiger partial charge < -0.3 is 10.6 Å². The van der Waals surface area contributed by atoms with Crippen molar-refractivity contribution in [3.63, 3.8) is 0 Å². The molecule has 2 aliphatic carbocycles. The van der Waals surface area contributed by atoms with Gasteiger partial charge in [0, 0.05) is 12.6 Å². The largest absolute Gasteiger partial charge is 0.393 e. The lowest BCUT2D eigenvalue weighted by Crippen LogP contribution is -2.30. The highest BCUT2D eigenvalue weighted by molar-refractivity contribution is 7.80. The first kappa shape index (κ1) is 10.4. The predicted molar refractivity (Wildman–Crippen MR) is 63.3 cm³/mol. The molecule has 0 aromatic heterocycles. The zero-order chi connectivity index (χ0) is 9.97. The van der Waals surface area contributed by atoms with Crippen LogP contribution in [0.5, 0.6) is 0 Å². The minimum absolute atomic E-state index is 0.673. The van der Waals surface area contributed by atoms with Gasteiger partial charge in [-0.3, -0.25) is 0 Å². The van der Waals surface area contributed by atoms with Crippen molar-refractivity contribution in [2.45, 2.75) is 44.6 Å². The topological polar surface area (TPSA) is 29.3 Å². The van der Waals surface area contributed by atoms with Crippen molar-refractivity contribution < 1.29 is 0 Å². The molecule has 0 radical (unpaired) electrons. The third-order valence-corrected chi connectivity index (χ3v) is 3.33. The molecule has 14 heavy (non-hydrogen) atoms. The second kappa shape index (κ2) is 4.58. The van der Waals surface area contributed by atoms with E-state index in [1.807, 2.05) is 0 Å². The second-order valence-electron chi connectivity index (χ2n) is 4.74. The van der Waals surface area contributed by atoms with Crippen molar-refractivity contribution in [1.82, 2.24) is 4.90 Å². The second-order valence-corrected chi connectivity index (χ2v) is 5.26. The highest BCUT2D eigenvalue weighted by atomic mass is 32.1. The maximum atomic E-state index is 5.50. The van der Waals surface area contributed by atoms with Crippen molar-refractivity contribution in [1.29, 1.82) is 0 Å². The Morgan fingerprint density at radius 2 is 2.00 bits per heavy atom. The van der Waals surface area contributed by atoms with E-state index in [1.54, 1.807) is 0 Å². The number of thiocarbonyl (C=S) groups is 1. The maximum Gasteiger partial charge on any atom is 0.0727 e. The van der Waals surface area contributed by atoms with Gasteiger partial charge in [0.1, 0.15) is 0 Å². The Kier molecular flexibility index (Phi) is 3.39. The Labute approximate surface area is 91.8 Å². The SMILES string of the molecule is NC(=S)CCCN(CC1CC1)C1CC1. The van der Waals surface area contributed by atoms with Crippen LogP contribution in [0.4, 0.5) is 0 Å². The van der Waals surface area contributed by atoms with Crippen molar-refractivity contribution in [2.24, 2.45) is 11.7 Å². The van der Waals surface area contributed by atoms with Gasteiger partial charge in [0.25, 0.3) is 0 Å². The molecule has 2 saturated carbocycles. The van der Waals surface area contributed by atoms with Gasteiger partial charge >= 0.3 is 0 Å². The lowest BCUT2D eigenvalue weighted by molar-refractivity contribution is 0.251. The van der Waals surface area contributed by atoms with Crippen LogP contribution in [0.2, 0.25) is 0 Å². The fourth-order valence-corrected chi connectivity index (χ4v) is 2.10. The van der Waals surface area contributed by atoms with E-state index < -0.39 is 0 Å². The third-order valence-electron chi connectivity index (χ3n) is 3.12. The fourth-order valence-electron chi connectivity index (χ4n) is 1.95. The predicted octanol–water partition coefficient (Wildman–Crippen LogP) is 1.93. The Bertz CT molecular complexity index is 209. The lowest BCUT2D eigenvalue weighted by atomic mass is 10.2. The zero-order valence-corrected chi connectivity index (χ0v) is 9.56. The quantitative estimate of drug-likeness (QED) is 0.654. The van der Waals surface area contributed by atoms with E-state index in [0.29, 0.717) is 4.99 Å². The summed E-state index contributed by atoms with van der Waals surface area (Å²) in [5.74, 6) is 1.01. The van der Waals surface area contributed by atoms with Gasteiger partial charge in [0.05, 0.1) is 4.99 Å². The number of rotatable bonds is 7. The standard InChI is InChI=1S/C11H20N2S/c12-11(14)2-1-7-13(10-5-6-10)8-9-3-4-9/h9-10H,1-8H2,(H2,12,14). The van der Waals surface area contributed by atoms with Crippen LogP contribution >= 0.6 is 12.2 Å². The Hall–Kier alpha value is -0.150. The van der Waals surface area contributed by atoms with E-state index in [-0.39, 0.29) is 0 Å². The molecular formula is C11H20N2S. The lowest BCUT2D eigenvalue weighted by Gasteiger charge is -2.21. The van der Waals surface area contributed by atoms with Gasteiger partial charge in [-0.1, -0.05) is 12.2 Å². The van der Waals surface area contributed by atoms with E-state index in [2.05, 4.69) is 4.90 Å². The van der Waals surface area contributed by atoms with Gasteiger partial charge in [-0.2, -0.15) is 0 Å². The molecule has 0 saturated heterocycles. The van der Waals surface area contributed by atoms with Gasteiger partial charge in [0.15, 0.2) is 0 Å². The van der Waals surface area contributed by atoms with Crippen LogP contribution in [0.25, 0.3) is 0 Å². The first-order chi connectivity index (χ1) is 6.75. The molecule has 2 fully saturated rings. The first-order valence-corrected chi connectivity index (χ1v) is 6.19. The highest BCUT2D eigenvalue weighted by Gasteiger charge is 2.32. The van der Waals surface area contributed by atoms with Crippen molar-refractivity contribution in [2.75, 3.05) is 13.1 Å². The van der Waals surface area contributed by atoms with Crippen molar-refractivity contribution in [3.05, 3.63) is 0 Å². The van der Waals surface area contributed by atoms with Gasteiger partial charge in [-0.15, -0.1) is 0 Å². The van der Waals surface area contributed by atoms with E-state index in [9.17, 15) is 0 Å². The normalized spacial score (nSPS) is 21.5. The van der Waals surface area contributed by atoms with Crippen LogP contribution < -0.4 is 5.73 Å². The van der Waals surface area contributed by atoms with E-state index in [0.717, 1.165) is 24.8 Å². The minimum Gasteiger partial charge on any atom is -0.393 e. The molecule has 2 N–H and O–H groups in total. The molecule has 0 atom stereocenters. The molecule has 3 heteroatoms. The fraction of sp³-hybridized carbons (Fsp3) is 0.909. The van der Waals surface area contributed by atoms with Crippen molar-refractivity contribution in [3.8, 4) is 0 Å². The molecule has 0 bridgehead atoms. The summed E-state index contributed by atoms with van der Waals surface area (Å²) in [5.41, 5.74) is 5.50. The summed E-state index contributed by atoms with van der Waals surface area (Å²) in [6, 6.07) is 0.905. The molecule has 0 aromatic carbocycles. The van der Waals surface area contributed by atoms with Gasteiger partial charge in [-0.05, 0) is 51.0 Å². The first-order valence-electron chi connectivity index (χ1n) is 5.78. The van der Waals surface area contributed by atoms with Crippen LogP contribution in [-0.4, -0.2) is 29.0 Å². The molecule has 80 valence electrons. The molecule has 2 aliphatic rings. The zero-order valence-electron chi connectivity index (χ0n) is 8.74. The summed E-state index contributed by atoms with van der Waals surface area (Å²) in [6.45, 7) is 2.54. The van der Waals surface area contributed by atoms with Crippen LogP contribution in [0.15, 0.2) is 0 Å². The van der Waals surface area contributed by atoms with E-state index in [4.69, 9.17) is 18.0 Å². The smallest absolute Gasteiger partial charge is 0.0727 e. The van der Waals surface area contributed by atoms with Crippen LogP contribution in [-0.2, 0) is 0 Å². The van der Waals surface area contributed by atoms with Crippen LogP contribution in [0, 0.1) is 5.92 Å². The number of nitrogens with zero attached hydrogens (tertiary/aromatic N) is 1. The molecule has 2 nitrogen and oxygen atoms in total.